The molecule has 1 saturated heterocycles. The summed E-state index contributed by atoms with van der Waals surface area (Å²) < 4.78 is 5.35. The van der Waals surface area contributed by atoms with Crippen LogP contribution in [0.1, 0.15) is 65.7 Å². The van der Waals surface area contributed by atoms with Crippen molar-refractivity contribution in [2.75, 3.05) is 40.3 Å². The van der Waals surface area contributed by atoms with Crippen molar-refractivity contribution in [3.63, 3.8) is 0 Å². The standard InChI is InChI=1S/C21H41N5O2.HI/c1-21(2,3)28-20(27)24-17-12-15-26(16-17)19(22-4)23-13-9-14-25(5)18-10-7-6-8-11-18;/h17-18H,6-16H2,1-5H3,(H,22,23)(H,24,27);1H. The summed E-state index contributed by atoms with van der Waals surface area (Å²) in [5.41, 5.74) is -0.468. The lowest BCUT2D eigenvalue weighted by Crippen LogP contribution is -2.44. The number of carbonyl (C=O) groups excluding carboxylic acids is 1. The Morgan fingerprint density at radius 3 is 2.52 bits per heavy atom. The molecule has 0 bridgehead atoms. The maximum absolute atomic E-state index is 12.0. The summed E-state index contributed by atoms with van der Waals surface area (Å²) in [4.78, 5) is 21.1. The van der Waals surface area contributed by atoms with Gasteiger partial charge < -0.3 is 25.2 Å². The number of carbonyl (C=O) groups is 1. The van der Waals surface area contributed by atoms with Crippen LogP contribution in [-0.2, 0) is 4.74 Å². The second-order valence-corrected chi connectivity index (χ2v) is 9.18. The quantitative estimate of drug-likeness (QED) is 0.242. The Kier molecular flexibility index (Phi) is 11.6. The van der Waals surface area contributed by atoms with Crippen molar-refractivity contribution in [1.82, 2.24) is 20.4 Å². The Bertz CT molecular complexity index is 518. The number of halogens is 1. The fraction of sp³-hybridized carbons (Fsp3) is 0.905. The fourth-order valence-corrected chi connectivity index (χ4v) is 4.11. The maximum Gasteiger partial charge on any atom is 0.407 e. The molecule has 2 rings (SSSR count). The minimum atomic E-state index is -0.468. The van der Waals surface area contributed by atoms with Crippen molar-refractivity contribution in [2.45, 2.75) is 83.4 Å². The average molecular weight is 524 g/mol. The van der Waals surface area contributed by atoms with Gasteiger partial charge in [0.2, 0.25) is 0 Å². The summed E-state index contributed by atoms with van der Waals surface area (Å²) in [6.07, 6.45) is 8.55. The molecule has 1 amide bonds. The summed E-state index contributed by atoms with van der Waals surface area (Å²) >= 11 is 0. The predicted molar refractivity (Wildman–Crippen MR) is 130 cm³/mol. The molecule has 1 saturated carbocycles. The van der Waals surface area contributed by atoms with Gasteiger partial charge in [-0.3, -0.25) is 4.99 Å². The molecule has 7 nitrogen and oxygen atoms in total. The molecule has 0 aromatic carbocycles. The van der Waals surface area contributed by atoms with E-state index in [1.54, 1.807) is 0 Å². The van der Waals surface area contributed by atoms with Crippen LogP contribution in [0.15, 0.2) is 4.99 Å². The molecule has 2 aliphatic rings. The molecule has 0 aromatic rings. The van der Waals surface area contributed by atoms with E-state index < -0.39 is 5.60 Å². The van der Waals surface area contributed by atoms with Gasteiger partial charge in [0.25, 0.3) is 0 Å². The van der Waals surface area contributed by atoms with E-state index in [-0.39, 0.29) is 36.1 Å². The number of nitrogens with one attached hydrogen (secondary N) is 2. The molecule has 1 aliphatic carbocycles. The first-order valence-corrected chi connectivity index (χ1v) is 10.9. The summed E-state index contributed by atoms with van der Waals surface area (Å²) in [6, 6.07) is 0.872. The van der Waals surface area contributed by atoms with Gasteiger partial charge in [-0.15, -0.1) is 24.0 Å². The zero-order chi connectivity index (χ0) is 20.6. The van der Waals surface area contributed by atoms with Gasteiger partial charge in [-0.1, -0.05) is 19.3 Å². The number of hydrogen-bond donors (Lipinski definition) is 2. The minimum Gasteiger partial charge on any atom is -0.444 e. The number of alkyl carbamates (subject to hydrolysis) is 1. The number of rotatable bonds is 6. The second-order valence-electron chi connectivity index (χ2n) is 9.18. The third-order valence-electron chi connectivity index (χ3n) is 5.59. The predicted octanol–water partition coefficient (Wildman–Crippen LogP) is 3.43. The monoisotopic (exact) mass is 523 g/mol. The smallest absolute Gasteiger partial charge is 0.407 e. The van der Waals surface area contributed by atoms with Crippen LogP contribution >= 0.6 is 24.0 Å². The van der Waals surface area contributed by atoms with Crippen molar-refractivity contribution < 1.29 is 9.53 Å². The average Bonchev–Trinajstić information content (AvgIpc) is 3.08. The lowest BCUT2D eigenvalue weighted by Gasteiger charge is -2.31. The third kappa shape index (κ3) is 9.72. The molecule has 2 N–H and O–H groups in total. The van der Waals surface area contributed by atoms with E-state index in [9.17, 15) is 4.79 Å². The highest BCUT2D eigenvalue weighted by Gasteiger charge is 2.27. The molecular weight excluding hydrogens is 481 g/mol. The van der Waals surface area contributed by atoms with Crippen LogP contribution in [-0.4, -0.2) is 79.8 Å². The van der Waals surface area contributed by atoms with Gasteiger partial charge in [-0.25, -0.2) is 4.79 Å². The van der Waals surface area contributed by atoms with Gasteiger partial charge in [0.05, 0.1) is 6.04 Å². The Morgan fingerprint density at radius 1 is 1.21 bits per heavy atom. The summed E-state index contributed by atoms with van der Waals surface area (Å²) in [7, 11) is 4.09. The molecule has 0 radical (unpaired) electrons. The van der Waals surface area contributed by atoms with Crippen molar-refractivity contribution in [3.05, 3.63) is 0 Å². The first kappa shape index (κ1) is 26.3. The molecule has 170 valence electrons. The molecule has 0 spiro atoms. The van der Waals surface area contributed by atoms with Gasteiger partial charge in [0, 0.05) is 32.7 Å². The van der Waals surface area contributed by atoms with E-state index in [1.807, 2.05) is 27.8 Å². The lowest BCUT2D eigenvalue weighted by molar-refractivity contribution is 0.0507. The molecule has 29 heavy (non-hydrogen) atoms. The van der Waals surface area contributed by atoms with E-state index in [0.717, 1.165) is 51.0 Å². The molecule has 8 heteroatoms. The topological polar surface area (TPSA) is 69.2 Å². The third-order valence-corrected chi connectivity index (χ3v) is 5.59. The summed E-state index contributed by atoms with van der Waals surface area (Å²) in [5.74, 6) is 0.925. The maximum atomic E-state index is 12.0. The van der Waals surface area contributed by atoms with Crippen LogP contribution in [0.5, 0.6) is 0 Å². The van der Waals surface area contributed by atoms with Crippen LogP contribution in [0.25, 0.3) is 0 Å². The Hall–Kier alpha value is -0.770. The Labute approximate surface area is 194 Å². The number of aliphatic imine (C=N–C) groups is 1. The van der Waals surface area contributed by atoms with E-state index in [2.05, 4.69) is 32.5 Å². The van der Waals surface area contributed by atoms with Crippen molar-refractivity contribution in [3.8, 4) is 0 Å². The molecular formula is C21H42IN5O2. The van der Waals surface area contributed by atoms with E-state index in [1.165, 1.54) is 32.1 Å². The van der Waals surface area contributed by atoms with Gasteiger partial charge >= 0.3 is 6.09 Å². The molecule has 1 atom stereocenters. The number of likely N-dealkylation sites (tertiary alicyclic amines) is 1. The van der Waals surface area contributed by atoms with Crippen LogP contribution in [0.2, 0.25) is 0 Å². The number of ether oxygens (including phenoxy) is 1. The van der Waals surface area contributed by atoms with Crippen molar-refractivity contribution in [1.29, 1.82) is 0 Å². The largest absolute Gasteiger partial charge is 0.444 e. The zero-order valence-corrected chi connectivity index (χ0v) is 21.3. The molecule has 0 aromatic heterocycles. The van der Waals surface area contributed by atoms with E-state index in [0.29, 0.717) is 0 Å². The van der Waals surface area contributed by atoms with E-state index in [4.69, 9.17) is 4.74 Å². The van der Waals surface area contributed by atoms with Crippen molar-refractivity contribution >= 4 is 36.0 Å². The summed E-state index contributed by atoms with van der Waals surface area (Å²) in [6.45, 7) is 9.34. The first-order valence-electron chi connectivity index (χ1n) is 10.9. The van der Waals surface area contributed by atoms with Gasteiger partial charge in [0.1, 0.15) is 5.60 Å². The number of guanidine groups is 1. The second kappa shape index (κ2) is 12.8. The number of hydrogen-bond acceptors (Lipinski definition) is 4. The molecule has 1 unspecified atom stereocenters. The zero-order valence-electron chi connectivity index (χ0n) is 19.0. The number of nitrogens with zero attached hydrogens (tertiary/aromatic N) is 3. The van der Waals surface area contributed by atoms with Crippen LogP contribution < -0.4 is 10.6 Å². The van der Waals surface area contributed by atoms with Gasteiger partial charge in [-0.2, -0.15) is 0 Å². The van der Waals surface area contributed by atoms with Crippen molar-refractivity contribution in [2.24, 2.45) is 4.99 Å². The van der Waals surface area contributed by atoms with Gasteiger partial charge in [0.15, 0.2) is 5.96 Å². The highest BCUT2D eigenvalue weighted by Crippen LogP contribution is 2.21. The van der Waals surface area contributed by atoms with Gasteiger partial charge in [-0.05, 0) is 60.0 Å². The Morgan fingerprint density at radius 2 is 1.90 bits per heavy atom. The number of amides is 1. The highest BCUT2D eigenvalue weighted by molar-refractivity contribution is 14.0. The van der Waals surface area contributed by atoms with Crippen LogP contribution in [0.4, 0.5) is 4.79 Å². The molecule has 1 heterocycles. The fourth-order valence-electron chi connectivity index (χ4n) is 4.11. The minimum absolute atomic E-state index is 0. The SMILES string of the molecule is CN=C(NCCCN(C)C1CCCCC1)N1CCC(NC(=O)OC(C)(C)C)C1.I. The lowest BCUT2D eigenvalue weighted by atomic mass is 9.94. The molecule has 2 fully saturated rings. The normalized spacial score (nSPS) is 21.1. The highest BCUT2D eigenvalue weighted by atomic mass is 127. The Balaban J connectivity index is 0.00000420. The first-order chi connectivity index (χ1) is 13.3. The summed E-state index contributed by atoms with van der Waals surface area (Å²) in [5, 5.41) is 6.46. The van der Waals surface area contributed by atoms with Crippen LogP contribution in [0, 0.1) is 0 Å². The molecule has 1 aliphatic heterocycles. The van der Waals surface area contributed by atoms with E-state index >= 15 is 0 Å². The van der Waals surface area contributed by atoms with Crippen LogP contribution in [0.3, 0.4) is 0 Å².